The normalized spacial score (nSPS) is 13.5. The SMILES string of the molecule is CS(=O)(=O)N1CCc2cc(C(=O)N(CCN)CCc3ccccc3)ccc21. The maximum atomic E-state index is 13.0. The fourth-order valence-corrected chi connectivity index (χ4v) is 4.37. The van der Waals surface area contributed by atoms with E-state index in [1.807, 2.05) is 36.4 Å². The van der Waals surface area contributed by atoms with Crippen molar-refractivity contribution in [3.63, 3.8) is 0 Å². The second-order valence-electron chi connectivity index (χ2n) is 6.75. The Morgan fingerprint density at radius 2 is 1.89 bits per heavy atom. The molecule has 7 heteroatoms. The Balaban J connectivity index is 1.76. The van der Waals surface area contributed by atoms with Crippen molar-refractivity contribution in [2.24, 2.45) is 5.73 Å². The number of sulfonamides is 1. The molecule has 0 saturated carbocycles. The van der Waals surface area contributed by atoms with Crippen LogP contribution in [-0.4, -0.2) is 51.7 Å². The zero-order valence-corrected chi connectivity index (χ0v) is 16.3. The highest BCUT2D eigenvalue weighted by Gasteiger charge is 2.27. The number of carbonyl (C=O) groups is 1. The van der Waals surface area contributed by atoms with Gasteiger partial charge in [0.25, 0.3) is 5.91 Å². The molecule has 0 spiro atoms. The van der Waals surface area contributed by atoms with Crippen LogP contribution in [0.5, 0.6) is 0 Å². The molecule has 0 aromatic heterocycles. The predicted molar refractivity (Wildman–Crippen MR) is 107 cm³/mol. The number of nitrogens with two attached hydrogens (primary N) is 1. The van der Waals surface area contributed by atoms with Gasteiger partial charge in [0.1, 0.15) is 0 Å². The van der Waals surface area contributed by atoms with Gasteiger partial charge in [0, 0.05) is 31.7 Å². The van der Waals surface area contributed by atoms with E-state index in [-0.39, 0.29) is 5.91 Å². The molecule has 0 saturated heterocycles. The Morgan fingerprint density at radius 3 is 2.56 bits per heavy atom. The van der Waals surface area contributed by atoms with E-state index in [0.29, 0.717) is 43.9 Å². The minimum atomic E-state index is -3.29. The second kappa shape index (κ2) is 8.10. The number of carbonyl (C=O) groups excluding carboxylic acids is 1. The van der Waals surface area contributed by atoms with Crippen molar-refractivity contribution < 1.29 is 13.2 Å². The largest absolute Gasteiger partial charge is 0.337 e. The molecule has 0 unspecified atom stereocenters. The number of hydrogen-bond donors (Lipinski definition) is 1. The van der Waals surface area contributed by atoms with E-state index >= 15 is 0 Å². The van der Waals surface area contributed by atoms with Crippen LogP contribution >= 0.6 is 0 Å². The summed E-state index contributed by atoms with van der Waals surface area (Å²) < 4.78 is 25.1. The average molecular weight is 388 g/mol. The molecule has 1 heterocycles. The minimum Gasteiger partial charge on any atom is -0.337 e. The lowest BCUT2D eigenvalue weighted by Crippen LogP contribution is -2.37. The summed E-state index contributed by atoms with van der Waals surface area (Å²) in [4.78, 5) is 14.7. The third-order valence-electron chi connectivity index (χ3n) is 4.78. The molecule has 0 atom stereocenters. The van der Waals surface area contributed by atoms with Gasteiger partial charge in [-0.25, -0.2) is 8.42 Å². The van der Waals surface area contributed by atoms with Crippen molar-refractivity contribution in [1.29, 1.82) is 0 Å². The first-order valence-corrected chi connectivity index (χ1v) is 10.9. The van der Waals surface area contributed by atoms with Crippen molar-refractivity contribution in [3.05, 3.63) is 65.2 Å². The van der Waals surface area contributed by atoms with Gasteiger partial charge in [0.2, 0.25) is 10.0 Å². The number of hydrogen-bond acceptors (Lipinski definition) is 4. The Bertz CT molecular complexity index is 913. The molecule has 1 aliphatic rings. The maximum Gasteiger partial charge on any atom is 0.253 e. The molecule has 6 nitrogen and oxygen atoms in total. The molecule has 2 aromatic rings. The molecule has 2 aromatic carbocycles. The summed E-state index contributed by atoms with van der Waals surface area (Å²) >= 11 is 0. The summed E-state index contributed by atoms with van der Waals surface area (Å²) in [7, 11) is -3.29. The number of benzene rings is 2. The zero-order valence-electron chi connectivity index (χ0n) is 15.5. The second-order valence-corrected chi connectivity index (χ2v) is 8.65. The number of rotatable bonds is 7. The maximum absolute atomic E-state index is 13.0. The van der Waals surface area contributed by atoms with Crippen molar-refractivity contribution >= 4 is 21.6 Å². The van der Waals surface area contributed by atoms with Gasteiger partial charge in [0.05, 0.1) is 11.9 Å². The molecule has 2 N–H and O–H groups in total. The first kappa shape index (κ1) is 19.4. The first-order chi connectivity index (χ1) is 12.9. The highest BCUT2D eigenvalue weighted by molar-refractivity contribution is 7.92. The van der Waals surface area contributed by atoms with Crippen LogP contribution in [0, 0.1) is 0 Å². The summed E-state index contributed by atoms with van der Waals surface area (Å²) in [6.07, 6.45) is 2.58. The van der Waals surface area contributed by atoms with E-state index in [0.717, 1.165) is 12.0 Å². The molecule has 0 fully saturated rings. The fraction of sp³-hybridized carbons (Fsp3) is 0.350. The van der Waals surface area contributed by atoms with Crippen molar-refractivity contribution in [1.82, 2.24) is 4.90 Å². The van der Waals surface area contributed by atoms with Crippen LogP contribution in [0.3, 0.4) is 0 Å². The number of nitrogens with zero attached hydrogens (tertiary/aromatic N) is 2. The lowest BCUT2D eigenvalue weighted by molar-refractivity contribution is 0.0762. The third kappa shape index (κ3) is 4.48. The van der Waals surface area contributed by atoms with Crippen LogP contribution in [0.2, 0.25) is 0 Å². The van der Waals surface area contributed by atoms with Gasteiger partial charge in [-0.05, 0) is 42.2 Å². The van der Waals surface area contributed by atoms with Gasteiger partial charge in [0.15, 0.2) is 0 Å². The van der Waals surface area contributed by atoms with Crippen LogP contribution in [-0.2, 0) is 22.9 Å². The molecule has 0 aliphatic carbocycles. The van der Waals surface area contributed by atoms with Gasteiger partial charge in [-0.1, -0.05) is 30.3 Å². The minimum absolute atomic E-state index is 0.0722. The quantitative estimate of drug-likeness (QED) is 0.783. The van der Waals surface area contributed by atoms with E-state index in [4.69, 9.17) is 5.73 Å². The molecule has 27 heavy (non-hydrogen) atoms. The average Bonchev–Trinajstić information content (AvgIpc) is 3.09. The standard InChI is InChI=1S/C20H25N3O3S/c1-27(25,26)23-13-10-17-15-18(7-8-19(17)23)20(24)22(14-11-21)12-9-16-5-3-2-4-6-16/h2-8,15H,9-14,21H2,1H3. The molecular formula is C20H25N3O3S. The van der Waals surface area contributed by atoms with E-state index < -0.39 is 10.0 Å². The fourth-order valence-electron chi connectivity index (χ4n) is 3.41. The molecule has 144 valence electrons. The summed E-state index contributed by atoms with van der Waals surface area (Å²) in [6, 6.07) is 15.3. The topological polar surface area (TPSA) is 83.7 Å². The van der Waals surface area contributed by atoms with Gasteiger partial charge < -0.3 is 10.6 Å². The molecule has 3 rings (SSSR count). The Hall–Kier alpha value is -2.38. The Kier molecular flexibility index (Phi) is 5.82. The molecule has 1 aliphatic heterocycles. The van der Waals surface area contributed by atoms with E-state index in [1.54, 1.807) is 17.0 Å². The van der Waals surface area contributed by atoms with Crippen molar-refractivity contribution in [3.8, 4) is 0 Å². The van der Waals surface area contributed by atoms with Crippen LogP contribution in [0.15, 0.2) is 48.5 Å². The van der Waals surface area contributed by atoms with Crippen LogP contribution in [0.4, 0.5) is 5.69 Å². The molecule has 1 amide bonds. The monoisotopic (exact) mass is 387 g/mol. The highest BCUT2D eigenvalue weighted by Crippen LogP contribution is 2.31. The van der Waals surface area contributed by atoms with E-state index in [1.165, 1.54) is 16.1 Å². The van der Waals surface area contributed by atoms with Crippen LogP contribution < -0.4 is 10.0 Å². The lowest BCUT2D eigenvalue weighted by Gasteiger charge is -2.23. The zero-order chi connectivity index (χ0) is 19.4. The highest BCUT2D eigenvalue weighted by atomic mass is 32.2. The lowest BCUT2D eigenvalue weighted by atomic mass is 10.1. The van der Waals surface area contributed by atoms with Gasteiger partial charge in [-0.3, -0.25) is 9.10 Å². The Labute approximate surface area is 160 Å². The van der Waals surface area contributed by atoms with E-state index in [9.17, 15) is 13.2 Å². The van der Waals surface area contributed by atoms with Crippen molar-refractivity contribution in [2.75, 3.05) is 36.7 Å². The number of anilines is 1. The van der Waals surface area contributed by atoms with Gasteiger partial charge in [-0.2, -0.15) is 0 Å². The summed E-state index contributed by atoms with van der Waals surface area (Å²) in [6.45, 7) is 1.89. The predicted octanol–water partition coefficient (Wildman–Crippen LogP) is 1.65. The van der Waals surface area contributed by atoms with Gasteiger partial charge >= 0.3 is 0 Å². The van der Waals surface area contributed by atoms with Gasteiger partial charge in [-0.15, -0.1) is 0 Å². The van der Waals surface area contributed by atoms with Crippen LogP contribution in [0.25, 0.3) is 0 Å². The summed E-state index contributed by atoms with van der Waals surface area (Å²) in [5, 5.41) is 0. The van der Waals surface area contributed by atoms with Crippen LogP contribution in [0.1, 0.15) is 21.5 Å². The van der Waals surface area contributed by atoms with Crippen molar-refractivity contribution in [2.45, 2.75) is 12.8 Å². The summed E-state index contributed by atoms with van der Waals surface area (Å²) in [5.74, 6) is -0.0722. The summed E-state index contributed by atoms with van der Waals surface area (Å²) in [5.41, 5.74) is 9.01. The Morgan fingerprint density at radius 1 is 1.15 bits per heavy atom. The number of fused-ring (bicyclic) bond motifs is 1. The molecule has 0 bridgehead atoms. The first-order valence-electron chi connectivity index (χ1n) is 9.04. The van der Waals surface area contributed by atoms with E-state index in [2.05, 4.69) is 0 Å². The smallest absolute Gasteiger partial charge is 0.253 e. The number of amides is 1. The molecular weight excluding hydrogens is 362 g/mol. The third-order valence-corrected chi connectivity index (χ3v) is 5.96. The molecule has 0 radical (unpaired) electrons.